The van der Waals surface area contributed by atoms with Crippen molar-refractivity contribution in [3.8, 4) is 0 Å². The van der Waals surface area contributed by atoms with E-state index < -0.39 is 0 Å². The molecule has 0 atom stereocenters. The fourth-order valence-electron chi connectivity index (χ4n) is 0.0994. The summed E-state index contributed by atoms with van der Waals surface area (Å²) >= 11 is 6.19. The van der Waals surface area contributed by atoms with Crippen LogP contribution in [-0.4, -0.2) is 6.61 Å². The van der Waals surface area contributed by atoms with Crippen LogP contribution >= 0.6 is 31.9 Å². The lowest BCUT2D eigenvalue weighted by Gasteiger charge is -1.87. The van der Waals surface area contributed by atoms with Crippen LogP contribution in [0.3, 0.4) is 0 Å². The number of allylic oxidation sites excluding steroid dienone is 1. The van der Waals surface area contributed by atoms with Gasteiger partial charge in [-0.1, -0.05) is 31.9 Å². The van der Waals surface area contributed by atoms with Gasteiger partial charge in [0.05, 0.1) is 0 Å². The highest BCUT2D eigenvalue weighted by molar-refractivity contribution is 9.14. The van der Waals surface area contributed by atoms with Crippen LogP contribution in [0.1, 0.15) is 6.92 Å². The summed E-state index contributed by atoms with van der Waals surface area (Å²) in [5.41, 5.74) is 0. The molecule has 0 amide bonds. The van der Waals surface area contributed by atoms with Crippen LogP contribution < -0.4 is 0 Å². The molecule has 41 valence electrons. The Morgan fingerprint density at radius 1 is 1.57 bits per heavy atom. The van der Waals surface area contributed by atoms with Gasteiger partial charge in [-0.05, 0) is 6.92 Å². The highest BCUT2D eigenvalue weighted by Crippen LogP contribution is 2.15. The molecule has 0 saturated heterocycles. The van der Waals surface area contributed by atoms with E-state index in [1.165, 1.54) is 0 Å². The molecule has 0 aromatic carbocycles. The van der Waals surface area contributed by atoms with Crippen molar-refractivity contribution in [2.75, 3.05) is 6.61 Å². The first kappa shape index (κ1) is 7.66. The van der Waals surface area contributed by atoms with Gasteiger partial charge in [0, 0.05) is 8.96 Å². The maximum Gasteiger partial charge on any atom is 0.114 e. The van der Waals surface area contributed by atoms with Gasteiger partial charge in [0.2, 0.25) is 0 Å². The van der Waals surface area contributed by atoms with Gasteiger partial charge in [0.1, 0.15) is 6.61 Å². The minimum absolute atomic E-state index is 0.183. The number of hydrogen-bond donors (Lipinski definition) is 0. The third-order valence-corrected chi connectivity index (χ3v) is 2.33. The molecular weight excluding hydrogens is 224 g/mol. The molecule has 3 heteroatoms. The van der Waals surface area contributed by atoms with Crippen LogP contribution in [0.15, 0.2) is 8.96 Å². The van der Waals surface area contributed by atoms with Crippen molar-refractivity contribution >= 4 is 31.9 Å². The summed E-state index contributed by atoms with van der Waals surface area (Å²) < 4.78 is 1.56. The van der Waals surface area contributed by atoms with E-state index in [9.17, 15) is 5.11 Å². The first-order valence-corrected chi connectivity index (χ1v) is 3.36. The van der Waals surface area contributed by atoms with E-state index in [1.54, 1.807) is 0 Å². The van der Waals surface area contributed by atoms with Gasteiger partial charge in [-0.25, -0.2) is 5.11 Å². The van der Waals surface area contributed by atoms with E-state index in [2.05, 4.69) is 31.9 Å². The van der Waals surface area contributed by atoms with Crippen molar-refractivity contribution in [1.82, 2.24) is 0 Å². The third kappa shape index (κ3) is 3.26. The quantitative estimate of drug-likeness (QED) is 0.657. The highest BCUT2D eigenvalue weighted by Gasteiger charge is 1.90. The van der Waals surface area contributed by atoms with E-state index in [1.807, 2.05) is 6.92 Å². The van der Waals surface area contributed by atoms with Gasteiger partial charge in [-0.15, -0.1) is 0 Å². The number of halogens is 2. The lowest BCUT2D eigenvalue weighted by Crippen LogP contribution is -1.77. The van der Waals surface area contributed by atoms with Crippen LogP contribution in [0.2, 0.25) is 0 Å². The Hall–Kier alpha value is 0.660. The second-order valence-electron chi connectivity index (χ2n) is 1.08. The van der Waals surface area contributed by atoms with Crippen molar-refractivity contribution in [2.45, 2.75) is 6.92 Å². The van der Waals surface area contributed by atoms with Crippen molar-refractivity contribution in [3.05, 3.63) is 8.96 Å². The molecular formula is C4H5Br2O. The minimum Gasteiger partial charge on any atom is -0.231 e. The van der Waals surface area contributed by atoms with Crippen LogP contribution in [0.4, 0.5) is 0 Å². The summed E-state index contributed by atoms with van der Waals surface area (Å²) in [7, 11) is 0. The summed E-state index contributed by atoms with van der Waals surface area (Å²) in [4.78, 5) is 0. The highest BCUT2D eigenvalue weighted by atomic mass is 79.9. The van der Waals surface area contributed by atoms with E-state index in [0.717, 1.165) is 4.48 Å². The zero-order valence-corrected chi connectivity index (χ0v) is 7.04. The zero-order valence-electron chi connectivity index (χ0n) is 3.87. The van der Waals surface area contributed by atoms with Gasteiger partial charge < -0.3 is 0 Å². The van der Waals surface area contributed by atoms with Crippen molar-refractivity contribution < 1.29 is 5.11 Å². The summed E-state index contributed by atoms with van der Waals surface area (Å²) in [5.74, 6) is 0. The monoisotopic (exact) mass is 227 g/mol. The largest absolute Gasteiger partial charge is 0.231 e. The Labute approximate surface area is 59.7 Å². The number of rotatable bonds is 1. The topological polar surface area (TPSA) is 19.9 Å². The molecule has 1 nitrogen and oxygen atoms in total. The molecule has 0 rings (SSSR count). The second kappa shape index (κ2) is 3.64. The maximum atomic E-state index is 9.94. The average molecular weight is 229 g/mol. The SMILES string of the molecule is CC(Br)=C(Br)C[O]. The second-order valence-corrected chi connectivity index (χ2v) is 3.23. The average Bonchev–Trinajstić information content (AvgIpc) is 1.65. The molecule has 0 unspecified atom stereocenters. The fraction of sp³-hybridized carbons (Fsp3) is 0.500. The smallest absolute Gasteiger partial charge is 0.114 e. The normalized spacial score (nSPS) is 13.7. The van der Waals surface area contributed by atoms with Gasteiger partial charge in [-0.3, -0.25) is 0 Å². The molecule has 0 aromatic heterocycles. The number of hydrogen-bond acceptors (Lipinski definition) is 0. The molecule has 0 aliphatic carbocycles. The molecule has 0 aliphatic heterocycles. The molecule has 0 N–H and O–H groups in total. The fourth-order valence-corrected chi connectivity index (χ4v) is 0.214. The Balaban J connectivity index is 3.72. The predicted molar refractivity (Wildman–Crippen MR) is 36.1 cm³/mol. The lowest BCUT2D eigenvalue weighted by atomic mass is 10.6. The molecule has 7 heavy (non-hydrogen) atoms. The van der Waals surface area contributed by atoms with Gasteiger partial charge in [0.15, 0.2) is 0 Å². The summed E-state index contributed by atoms with van der Waals surface area (Å²) in [6, 6.07) is 0. The van der Waals surface area contributed by atoms with Gasteiger partial charge >= 0.3 is 0 Å². The van der Waals surface area contributed by atoms with Gasteiger partial charge in [0.25, 0.3) is 0 Å². The van der Waals surface area contributed by atoms with Crippen LogP contribution in [0, 0.1) is 0 Å². The Kier molecular flexibility index (Phi) is 3.98. The van der Waals surface area contributed by atoms with Crippen molar-refractivity contribution in [1.29, 1.82) is 0 Å². The molecule has 0 fully saturated rings. The van der Waals surface area contributed by atoms with E-state index >= 15 is 0 Å². The molecule has 0 heterocycles. The standard InChI is InChI=1S/C4H5Br2O/c1-3(5)4(6)2-7/h2H2,1H3. The molecule has 1 radical (unpaired) electrons. The van der Waals surface area contributed by atoms with Crippen molar-refractivity contribution in [2.24, 2.45) is 0 Å². The summed E-state index contributed by atoms with van der Waals surface area (Å²) in [6.07, 6.45) is 0. The molecule has 0 bridgehead atoms. The first-order valence-electron chi connectivity index (χ1n) is 1.77. The third-order valence-electron chi connectivity index (χ3n) is 0.501. The summed E-state index contributed by atoms with van der Waals surface area (Å²) in [6.45, 7) is 1.64. The van der Waals surface area contributed by atoms with Crippen molar-refractivity contribution in [3.63, 3.8) is 0 Å². The molecule has 0 aromatic rings. The van der Waals surface area contributed by atoms with E-state index in [4.69, 9.17) is 0 Å². The minimum atomic E-state index is -0.183. The Morgan fingerprint density at radius 2 is 2.00 bits per heavy atom. The first-order chi connectivity index (χ1) is 3.18. The molecule has 0 saturated carbocycles. The maximum absolute atomic E-state index is 9.94. The van der Waals surface area contributed by atoms with E-state index in [0.29, 0.717) is 4.48 Å². The molecule has 0 aliphatic rings. The van der Waals surface area contributed by atoms with Crippen LogP contribution in [0.5, 0.6) is 0 Å². The Bertz CT molecular complexity index is 83.7. The van der Waals surface area contributed by atoms with Crippen LogP contribution in [0.25, 0.3) is 0 Å². The van der Waals surface area contributed by atoms with E-state index in [-0.39, 0.29) is 6.61 Å². The Morgan fingerprint density at radius 3 is 2.00 bits per heavy atom. The summed E-state index contributed by atoms with van der Waals surface area (Å²) in [5, 5.41) is 9.94. The zero-order chi connectivity index (χ0) is 5.86. The van der Waals surface area contributed by atoms with Crippen LogP contribution in [-0.2, 0) is 5.11 Å². The van der Waals surface area contributed by atoms with Gasteiger partial charge in [-0.2, -0.15) is 0 Å². The molecule has 0 spiro atoms. The lowest BCUT2D eigenvalue weighted by molar-refractivity contribution is 0.230. The predicted octanol–water partition coefficient (Wildman–Crippen LogP) is 2.44.